The summed E-state index contributed by atoms with van der Waals surface area (Å²) in [4.78, 5) is 32.5. The zero-order valence-electron chi connectivity index (χ0n) is 10.8. The number of rotatable bonds is 4. The maximum atomic E-state index is 11.6. The molecule has 1 aromatic rings. The van der Waals surface area contributed by atoms with Gasteiger partial charge in [0.05, 0.1) is 12.0 Å². The number of hydrazine groups is 1. The molecule has 0 bridgehead atoms. The topological polar surface area (TPSA) is 120 Å². The minimum Gasteiger partial charge on any atom is -0.474 e. The molecule has 0 aliphatic carbocycles. The summed E-state index contributed by atoms with van der Waals surface area (Å²) in [7, 11) is 1.13. The van der Waals surface area contributed by atoms with Crippen molar-refractivity contribution < 1.29 is 24.0 Å². The predicted octanol–water partition coefficient (Wildman–Crippen LogP) is 0.749. The lowest BCUT2D eigenvalue weighted by Gasteiger charge is -2.14. The second-order valence-corrected chi connectivity index (χ2v) is 3.59. The van der Waals surface area contributed by atoms with Crippen molar-refractivity contribution in [3.8, 4) is 5.75 Å². The van der Waals surface area contributed by atoms with Crippen molar-refractivity contribution in [2.75, 3.05) is 7.11 Å². The van der Waals surface area contributed by atoms with E-state index >= 15 is 0 Å². The molecule has 2 amide bonds. The van der Waals surface area contributed by atoms with Gasteiger partial charge in [0.1, 0.15) is 0 Å². The van der Waals surface area contributed by atoms with Gasteiger partial charge in [-0.15, -0.1) is 0 Å². The van der Waals surface area contributed by atoms with Crippen LogP contribution in [0.1, 0.15) is 6.92 Å². The fraction of sp³-hybridized carbons (Fsp3) is 0.273. The van der Waals surface area contributed by atoms with Gasteiger partial charge < -0.3 is 9.47 Å². The largest absolute Gasteiger partial charge is 0.474 e. The third-order valence-corrected chi connectivity index (χ3v) is 2.21. The highest BCUT2D eigenvalue weighted by molar-refractivity contribution is 5.82. The minimum absolute atomic E-state index is 0.0433. The number of benzene rings is 1. The second-order valence-electron chi connectivity index (χ2n) is 3.59. The molecule has 0 fully saturated rings. The average molecular weight is 283 g/mol. The van der Waals surface area contributed by atoms with Crippen molar-refractivity contribution in [3.63, 3.8) is 0 Å². The molecule has 9 nitrogen and oxygen atoms in total. The molecule has 1 aromatic carbocycles. The van der Waals surface area contributed by atoms with E-state index in [9.17, 15) is 19.7 Å². The number of hydrogen-bond acceptors (Lipinski definition) is 6. The fourth-order valence-electron chi connectivity index (χ4n) is 1.22. The molecule has 0 heterocycles. The van der Waals surface area contributed by atoms with Crippen molar-refractivity contribution >= 4 is 17.7 Å². The monoisotopic (exact) mass is 283 g/mol. The summed E-state index contributed by atoms with van der Waals surface area (Å²) in [6, 6.07) is 5.65. The summed E-state index contributed by atoms with van der Waals surface area (Å²) in [5.41, 5.74) is 3.75. The van der Waals surface area contributed by atoms with Gasteiger partial charge in [0.15, 0.2) is 11.9 Å². The van der Waals surface area contributed by atoms with Crippen LogP contribution in [0, 0.1) is 10.1 Å². The van der Waals surface area contributed by atoms with E-state index in [1.807, 2.05) is 10.9 Å². The minimum atomic E-state index is -1.05. The fourth-order valence-corrected chi connectivity index (χ4v) is 1.22. The van der Waals surface area contributed by atoms with Gasteiger partial charge in [-0.3, -0.25) is 20.3 Å². The molecule has 0 aliphatic rings. The normalized spacial score (nSPS) is 11.1. The maximum Gasteiger partial charge on any atom is 0.425 e. The van der Waals surface area contributed by atoms with Crippen LogP contribution in [0.5, 0.6) is 5.75 Å². The van der Waals surface area contributed by atoms with Gasteiger partial charge in [-0.05, 0) is 13.0 Å². The number of nitrogens with one attached hydrogen (secondary N) is 2. The molecule has 0 saturated carbocycles. The highest BCUT2D eigenvalue weighted by atomic mass is 16.6. The summed E-state index contributed by atoms with van der Waals surface area (Å²) >= 11 is 0. The average Bonchev–Trinajstić information content (AvgIpc) is 2.44. The lowest BCUT2D eigenvalue weighted by atomic mass is 10.3. The number of hydrogen-bond donors (Lipinski definition) is 2. The van der Waals surface area contributed by atoms with Crippen molar-refractivity contribution in [1.29, 1.82) is 0 Å². The number of para-hydroxylation sites is 2. The molecule has 0 saturated heterocycles. The van der Waals surface area contributed by atoms with E-state index in [1.54, 1.807) is 6.07 Å². The Bertz CT molecular complexity index is 519. The predicted molar refractivity (Wildman–Crippen MR) is 66.9 cm³/mol. The molecule has 1 atom stereocenters. The Morgan fingerprint density at radius 2 is 1.95 bits per heavy atom. The molecule has 2 N–H and O–H groups in total. The molecule has 9 heteroatoms. The Balaban J connectivity index is 2.66. The summed E-state index contributed by atoms with van der Waals surface area (Å²) in [5.74, 6) is -0.730. The molecule has 0 spiro atoms. The van der Waals surface area contributed by atoms with Crippen LogP contribution in [0.15, 0.2) is 24.3 Å². The number of methoxy groups -OCH3 is 1. The zero-order valence-corrected chi connectivity index (χ0v) is 10.8. The van der Waals surface area contributed by atoms with Gasteiger partial charge in [-0.25, -0.2) is 10.2 Å². The third-order valence-electron chi connectivity index (χ3n) is 2.21. The van der Waals surface area contributed by atoms with E-state index in [-0.39, 0.29) is 11.4 Å². The zero-order chi connectivity index (χ0) is 15.1. The summed E-state index contributed by atoms with van der Waals surface area (Å²) < 4.78 is 9.44. The Morgan fingerprint density at radius 1 is 1.30 bits per heavy atom. The first-order valence-corrected chi connectivity index (χ1v) is 5.49. The van der Waals surface area contributed by atoms with Crippen LogP contribution in [0.3, 0.4) is 0 Å². The first-order chi connectivity index (χ1) is 9.45. The number of amides is 2. The van der Waals surface area contributed by atoms with Crippen LogP contribution in [-0.4, -0.2) is 30.1 Å². The molecular weight excluding hydrogens is 270 g/mol. The summed E-state index contributed by atoms with van der Waals surface area (Å²) in [5, 5.41) is 10.8. The third kappa shape index (κ3) is 4.12. The number of ether oxygens (including phenoxy) is 2. The SMILES string of the molecule is COC(=O)NNC(=O)C(C)Oc1ccccc1[N+](=O)[O-]. The Morgan fingerprint density at radius 3 is 2.55 bits per heavy atom. The van der Waals surface area contributed by atoms with Crippen LogP contribution in [0.25, 0.3) is 0 Å². The van der Waals surface area contributed by atoms with Crippen LogP contribution in [-0.2, 0) is 9.53 Å². The van der Waals surface area contributed by atoms with Crippen molar-refractivity contribution in [1.82, 2.24) is 10.9 Å². The first kappa shape index (κ1) is 15.2. The van der Waals surface area contributed by atoms with Crippen LogP contribution in [0.2, 0.25) is 0 Å². The van der Waals surface area contributed by atoms with E-state index in [4.69, 9.17) is 4.74 Å². The number of nitrogens with zero attached hydrogens (tertiary/aromatic N) is 1. The van der Waals surface area contributed by atoms with E-state index in [0.29, 0.717) is 0 Å². The highest BCUT2D eigenvalue weighted by Gasteiger charge is 2.20. The molecule has 20 heavy (non-hydrogen) atoms. The van der Waals surface area contributed by atoms with Gasteiger partial charge in [-0.1, -0.05) is 12.1 Å². The molecule has 1 unspecified atom stereocenters. The van der Waals surface area contributed by atoms with E-state index in [1.165, 1.54) is 25.1 Å². The standard InChI is InChI=1S/C11H13N3O6/c1-7(10(15)12-13-11(16)19-2)20-9-6-4-3-5-8(9)14(17)18/h3-7H,1-2H3,(H,12,15)(H,13,16). The number of nitro benzene ring substituents is 1. The molecule has 1 rings (SSSR count). The molecule has 0 radical (unpaired) electrons. The molecule has 108 valence electrons. The van der Waals surface area contributed by atoms with Crippen molar-refractivity contribution in [2.24, 2.45) is 0 Å². The first-order valence-electron chi connectivity index (χ1n) is 5.49. The van der Waals surface area contributed by atoms with Crippen LogP contribution in [0.4, 0.5) is 10.5 Å². The Hall–Kier alpha value is -2.84. The Labute approximate surface area is 114 Å². The van der Waals surface area contributed by atoms with Gasteiger partial charge in [0.25, 0.3) is 5.91 Å². The lowest BCUT2D eigenvalue weighted by Crippen LogP contribution is -2.47. The number of nitro groups is 1. The van der Waals surface area contributed by atoms with Crippen molar-refractivity contribution in [3.05, 3.63) is 34.4 Å². The molecular formula is C11H13N3O6. The summed E-state index contributed by atoms with van der Waals surface area (Å²) in [6.07, 6.45) is -1.90. The lowest BCUT2D eigenvalue weighted by molar-refractivity contribution is -0.386. The van der Waals surface area contributed by atoms with Crippen LogP contribution >= 0.6 is 0 Å². The number of carbonyl (C=O) groups excluding carboxylic acids is 2. The van der Waals surface area contributed by atoms with Gasteiger partial charge in [0.2, 0.25) is 0 Å². The smallest absolute Gasteiger partial charge is 0.425 e. The van der Waals surface area contributed by atoms with Crippen LogP contribution < -0.4 is 15.6 Å². The van der Waals surface area contributed by atoms with E-state index in [0.717, 1.165) is 7.11 Å². The summed E-state index contributed by atoms with van der Waals surface area (Å²) in [6.45, 7) is 1.38. The van der Waals surface area contributed by atoms with Gasteiger partial charge in [0, 0.05) is 6.07 Å². The van der Waals surface area contributed by atoms with E-state index < -0.39 is 23.0 Å². The Kier molecular flexibility index (Phi) is 5.27. The highest BCUT2D eigenvalue weighted by Crippen LogP contribution is 2.26. The van der Waals surface area contributed by atoms with Crippen molar-refractivity contribution in [2.45, 2.75) is 13.0 Å². The van der Waals surface area contributed by atoms with E-state index in [2.05, 4.69) is 4.74 Å². The molecule has 0 aliphatic heterocycles. The maximum absolute atomic E-state index is 11.6. The quantitative estimate of drug-likeness (QED) is 0.621. The molecule has 0 aromatic heterocycles. The second kappa shape index (κ2) is 6.92. The number of carbonyl (C=O) groups is 2. The van der Waals surface area contributed by atoms with Gasteiger partial charge >= 0.3 is 11.8 Å². The van der Waals surface area contributed by atoms with Gasteiger partial charge in [-0.2, -0.15) is 0 Å².